The molecule has 0 spiro atoms. The minimum absolute atomic E-state index is 0.0169. The van der Waals surface area contributed by atoms with Crippen LogP contribution >= 0.6 is 11.3 Å². The van der Waals surface area contributed by atoms with Crippen molar-refractivity contribution in [3.63, 3.8) is 0 Å². The number of carbonyl (C=O) groups excluding carboxylic acids is 1. The van der Waals surface area contributed by atoms with Crippen LogP contribution in [0.2, 0.25) is 0 Å². The average molecular weight is 467 g/mol. The second kappa shape index (κ2) is 9.93. The first kappa shape index (κ1) is 22.6. The molecule has 0 saturated carbocycles. The van der Waals surface area contributed by atoms with Crippen LogP contribution in [0, 0.1) is 5.82 Å². The number of fused-ring (bicyclic) bond motifs is 1. The van der Waals surface area contributed by atoms with Crippen molar-refractivity contribution in [2.45, 2.75) is 13.5 Å². The first-order valence-corrected chi connectivity index (χ1v) is 11.1. The summed E-state index contributed by atoms with van der Waals surface area (Å²) < 4.78 is 25.9. The molecule has 4 rings (SSSR count). The highest BCUT2D eigenvalue weighted by Gasteiger charge is 2.14. The van der Waals surface area contributed by atoms with Crippen molar-refractivity contribution in [1.82, 2.24) is 14.9 Å². The van der Waals surface area contributed by atoms with Gasteiger partial charge in [0.1, 0.15) is 5.75 Å². The lowest BCUT2D eigenvalue weighted by molar-refractivity contribution is -0.130. The predicted molar refractivity (Wildman–Crippen MR) is 127 cm³/mol. The van der Waals surface area contributed by atoms with Crippen molar-refractivity contribution in [3.8, 4) is 22.1 Å². The largest absolute Gasteiger partial charge is 0.453 e. The first-order chi connectivity index (χ1) is 15.9. The third-order valence-corrected chi connectivity index (χ3v) is 6.17. The lowest BCUT2D eigenvalue weighted by atomic mass is 10.2. The maximum Gasteiger partial charge on any atom is 0.219 e. The van der Waals surface area contributed by atoms with E-state index in [0.717, 1.165) is 26.4 Å². The molecule has 33 heavy (non-hydrogen) atoms. The van der Waals surface area contributed by atoms with E-state index in [1.807, 2.05) is 18.2 Å². The van der Waals surface area contributed by atoms with Crippen molar-refractivity contribution in [2.24, 2.45) is 0 Å². The van der Waals surface area contributed by atoms with E-state index in [1.165, 1.54) is 30.4 Å². The van der Waals surface area contributed by atoms with E-state index in [-0.39, 0.29) is 11.7 Å². The van der Waals surface area contributed by atoms with Gasteiger partial charge in [-0.2, -0.15) is 0 Å². The molecule has 0 atom stereocenters. The quantitative estimate of drug-likeness (QED) is 0.373. The van der Waals surface area contributed by atoms with Crippen LogP contribution in [0.5, 0.6) is 11.5 Å². The lowest BCUT2D eigenvalue weighted by Crippen LogP contribution is -2.31. The zero-order valence-corrected chi connectivity index (χ0v) is 19.1. The van der Waals surface area contributed by atoms with Gasteiger partial charge in [-0.25, -0.2) is 4.39 Å². The molecular weight excluding hydrogens is 443 g/mol. The molecule has 0 unspecified atom stereocenters. The SMILES string of the molecule is COCCN(Cc1ccc(-c2cc3nccc(Oc4ccc(N)cc4F)c3s2)nc1)C(C)=O. The number of nitrogen functional groups attached to an aromatic ring is 1. The van der Waals surface area contributed by atoms with Crippen LogP contribution in [0.15, 0.2) is 54.9 Å². The molecular formula is C24H23FN4O3S. The smallest absolute Gasteiger partial charge is 0.219 e. The molecule has 0 fully saturated rings. The van der Waals surface area contributed by atoms with Crippen LogP contribution in [0.3, 0.4) is 0 Å². The summed E-state index contributed by atoms with van der Waals surface area (Å²) in [6, 6.07) is 11.8. The molecule has 1 aromatic carbocycles. The molecule has 0 aliphatic rings. The summed E-state index contributed by atoms with van der Waals surface area (Å²) in [6.07, 6.45) is 3.38. The third kappa shape index (κ3) is 5.27. The zero-order chi connectivity index (χ0) is 23.4. The molecule has 0 aliphatic heterocycles. The Balaban J connectivity index is 1.56. The van der Waals surface area contributed by atoms with Gasteiger partial charge >= 0.3 is 0 Å². The van der Waals surface area contributed by atoms with Crippen molar-refractivity contribution >= 4 is 33.1 Å². The van der Waals surface area contributed by atoms with Crippen LogP contribution in [-0.4, -0.2) is 41.0 Å². The van der Waals surface area contributed by atoms with Crippen LogP contribution in [0.1, 0.15) is 12.5 Å². The van der Waals surface area contributed by atoms with Gasteiger partial charge in [-0.1, -0.05) is 6.07 Å². The summed E-state index contributed by atoms with van der Waals surface area (Å²) in [6.45, 7) is 3.00. The monoisotopic (exact) mass is 466 g/mol. The molecule has 0 aliphatic carbocycles. The lowest BCUT2D eigenvalue weighted by Gasteiger charge is -2.20. The second-order valence-electron chi connectivity index (χ2n) is 7.41. The summed E-state index contributed by atoms with van der Waals surface area (Å²) in [5.41, 5.74) is 8.38. The fraction of sp³-hybridized carbons (Fsp3) is 0.208. The summed E-state index contributed by atoms with van der Waals surface area (Å²) in [5.74, 6) is 0.0558. The Hall–Kier alpha value is -3.56. The number of rotatable bonds is 8. The highest BCUT2D eigenvalue weighted by atomic mass is 32.1. The standard InChI is InChI=1S/C24H23FN4O3S/c1-15(30)29(9-10-31-2)14-16-3-5-19(28-13-16)23-12-20-24(33-23)22(7-8-27-20)32-21-6-4-17(26)11-18(21)25/h3-8,11-13H,9-10,14,26H2,1-2H3. The number of thiophene rings is 1. The van der Waals surface area contributed by atoms with Crippen molar-refractivity contribution in [3.05, 3.63) is 66.2 Å². The van der Waals surface area contributed by atoms with Gasteiger partial charge in [-0.05, 0) is 29.8 Å². The summed E-state index contributed by atoms with van der Waals surface area (Å²) in [7, 11) is 1.61. The Morgan fingerprint density at radius 2 is 2.00 bits per heavy atom. The van der Waals surface area contributed by atoms with Gasteiger partial charge in [0.15, 0.2) is 11.6 Å². The van der Waals surface area contributed by atoms with Gasteiger partial charge in [-0.15, -0.1) is 11.3 Å². The Morgan fingerprint density at radius 1 is 1.15 bits per heavy atom. The Bertz CT molecular complexity index is 1280. The number of benzene rings is 1. The van der Waals surface area contributed by atoms with Crippen LogP contribution in [0.4, 0.5) is 10.1 Å². The maximum atomic E-state index is 14.2. The van der Waals surface area contributed by atoms with Gasteiger partial charge in [0, 0.05) is 57.3 Å². The first-order valence-electron chi connectivity index (χ1n) is 10.3. The molecule has 2 N–H and O–H groups in total. The Labute approximate surface area is 194 Å². The number of pyridine rings is 2. The van der Waals surface area contributed by atoms with Gasteiger partial charge in [0.2, 0.25) is 5.91 Å². The number of methoxy groups -OCH3 is 1. The number of ether oxygens (including phenoxy) is 2. The molecule has 1 amide bonds. The van der Waals surface area contributed by atoms with Crippen LogP contribution in [-0.2, 0) is 16.1 Å². The topological polar surface area (TPSA) is 90.6 Å². The molecule has 7 nitrogen and oxygen atoms in total. The number of nitrogens with two attached hydrogens (primary N) is 1. The van der Waals surface area contributed by atoms with E-state index >= 15 is 0 Å². The zero-order valence-electron chi connectivity index (χ0n) is 18.2. The number of amides is 1. The van der Waals surface area contributed by atoms with Crippen molar-refractivity contribution in [2.75, 3.05) is 26.0 Å². The van der Waals surface area contributed by atoms with E-state index in [2.05, 4.69) is 9.97 Å². The predicted octanol–water partition coefficient (Wildman–Crippen LogP) is 4.87. The van der Waals surface area contributed by atoms with E-state index in [9.17, 15) is 9.18 Å². The summed E-state index contributed by atoms with van der Waals surface area (Å²) >= 11 is 1.46. The minimum atomic E-state index is -0.529. The molecule has 9 heteroatoms. The van der Waals surface area contributed by atoms with E-state index in [0.29, 0.717) is 31.1 Å². The number of halogens is 1. The van der Waals surface area contributed by atoms with Crippen LogP contribution < -0.4 is 10.5 Å². The summed E-state index contributed by atoms with van der Waals surface area (Å²) in [4.78, 5) is 23.4. The number of carbonyl (C=O) groups is 1. The minimum Gasteiger partial charge on any atom is -0.453 e. The molecule has 0 saturated heterocycles. The Kier molecular flexibility index (Phi) is 6.81. The van der Waals surface area contributed by atoms with Gasteiger partial charge in [0.25, 0.3) is 0 Å². The molecule has 3 aromatic heterocycles. The second-order valence-corrected chi connectivity index (χ2v) is 8.46. The maximum absolute atomic E-state index is 14.2. The molecule has 3 heterocycles. The molecule has 0 radical (unpaired) electrons. The number of aromatic nitrogens is 2. The van der Waals surface area contributed by atoms with E-state index in [1.54, 1.807) is 36.5 Å². The molecule has 0 bridgehead atoms. The number of hydrogen-bond acceptors (Lipinski definition) is 7. The molecule has 4 aromatic rings. The van der Waals surface area contributed by atoms with Gasteiger partial charge in [0.05, 0.1) is 27.4 Å². The van der Waals surface area contributed by atoms with E-state index in [4.69, 9.17) is 15.2 Å². The normalized spacial score (nSPS) is 11.0. The number of anilines is 1. The average Bonchev–Trinajstić information content (AvgIpc) is 3.24. The van der Waals surface area contributed by atoms with Gasteiger partial charge < -0.3 is 20.1 Å². The molecule has 170 valence electrons. The Morgan fingerprint density at radius 3 is 2.70 bits per heavy atom. The fourth-order valence-corrected chi connectivity index (χ4v) is 4.32. The van der Waals surface area contributed by atoms with E-state index < -0.39 is 5.82 Å². The highest BCUT2D eigenvalue weighted by molar-refractivity contribution is 7.22. The van der Waals surface area contributed by atoms with Crippen LogP contribution in [0.25, 0.3) is 20.8 Å². The van der Waals surface area contributed by atoms with Gasteiger partial charge in [-0.3, -0.25) is 14.8 Å². The number of nitrogens with zero attached hydrogens (tertiary/aromatic N) is 3. The highest BCUT2D eigenvalue weighted by Crippen LogP contribution is 2.39. The third-order valence-electron chi connectivity index (χ3n) is 5.01. The number of hydrogen-bond donors (Lipinski definition) is 1. The van der Waals surface area contributed by atoms with Crippen molar-refractivity contribution < 1.29 is 18.7 Å². The summed E-state index contributed by atoms with van der Waals surface area (Å²) in [5, 5.41) is 0. The fourth-order valence-electron chi connectivity index (χ4n) is 3.27. The van der Waals surface area contributed by atoms with Crippen molar-refractivity contribution in [1.29, 1.82) is 0 Å².